The number of hydrogen-bond donors (Lipinski definition) is 1. The fourth-order valence-electron chi connectivity index (χ4n) is 2.93. The fraction of sp³-hybridized carbons (Fsp3) is 0.238. The van der Waals surface area contributed by atoms with Gasteiger partial charge in [-0.2, -0.15) is 0 Å². The average Bonchev–Trinajstić information content (AvgIpc) is 2.65. The largest absolute Gasteiger partial charge is 0.479 e. The molecule has 5 nitrogen and oxygen atoms in total. The van der Waals surface area contributed by atoms with Crippen LogP contribution in [0, 0.1) is 0 Å². The van der Waals surface area contributed by atoms with Gasteiger partial charge in [-0.1, -0.05) is 36.2 Å². The van der Waals surface area contributed by atoms with Gasteiger partial charge in [-0.05, 0) is 55.3 Å². The molecular weight excluding hydrogens is 399 g/mol. The minimum Gasteiger partial charge on any atom is -0.479 e. The normalized spacial score (nSPS) is 16.1. The van der Waals surface area contributed by atoms with Crippen molar-refractivity contribution in [2.45, 2.75) is 26.4 Å². The molecule has 0 fully saturated rings. The quantitative estimate of drug-likeness (QED) is 0.681. The number of fused-ring (bicyclic) bond motifs is 1. The number of carbonyl (C=O) groups is 2. The highest BCUT2D eigenvalue weighted by Gasteiger charge is 2.31. The maximum absolute atomic E-state index is 12.4. The molecule has 0 saturated heterocycles. The van der Waals surface area contributed by atoms with Gasteiger partial charge in [-0.3, -0.25) is 9.59 Å². The smallest absolute Gasteiger partial charge is 0.267 e. The molecule has 0 spiro atoms. The maximum Gasteiger partial charge on any atom is 0.267 e. The summed E-state index contributed by atoms with van der Waals surface area (Å²) >= 11 is 12.0. The van der Waals surface area contributed by atoms with E-state index < -0.39 is 6.10 Å². The molecule has 28 heavy (non-hydrogen) atoms. The number of halogens is 2. The lowest BCUT2D eigenvalue weighted by atomic mass is 10.1. The number of rotatable bonds is 5. The van der Waals surface area contributed by atoms with E-state index in [1.165, 1.54) is 6.08 Å². The fourth-order valence-corrected chi connectivity index (χ4v) is 3.40. The standard InChI is InChI=1S/C21H20Cl2N2O3/c1-3-10-25-18-12-16(7-8-19(18)28-13(2)21(25)27)24-20(26)9-5-14-4-6-15(22)11-17(14)23/h4-9,11-13H,3,10H2,1-2H3,(H,24,26)/b9-5+. The van der Waals surface area contributed by atoms with Crippen molar-refractivity contribution in [3.63, 3.8) is 0 Å². The van der Waals surface area contributed by atoms with Crippen molar-refractivity contribution in [2.24, 2.45) is 0 Å². The van der Waals surface area contributed by atoms with Gasteiger partial charge in [0.1, 0.15) is 5.75 Å². The third-order valence-electron chi connectivity index (χ3n) is 4.26. The molecule has 1 aliphatic heterocycles. The second kappa shape index (κ2) is 8.67. The van der Waals surface area contributed by atoms with E-state index in [1.807, 2.05) is 6.92 Å². The van der Waals surface area contributed by atoms with Crippen molar-refractivity contribution in [3.05, 3.63) is 58.1 Å². The van der Waals surface area contributed by atoms with Gasteiger partial charge in [0.15, 0.2) is 6.10 Å². The van der Waals surface area contributed by atoms with Gasteiger partial charge in [0.2, 0.25) is 5.91 Å². The zero-order valence-electron chi connectivity index (χ0n) is 15.5. The Morgan fingerprint density at radius 3 is 2.75 bits per heavy atom. The van der Waals surface area contributed by atoms with Crippen molar-refractivity contribution in [2.75, 3.05) is 16.8 Å². The highest BCUT2D eigenvalue weighted by Crippen LogP contribution is 2.36. The zero-order valence-corrected chi connectivity index (χ0v) is 17.1. The number of benzene rings is 2. The highest BCUT2D eigenvalue weighted by molar-refractivity contribution is 6.35. The highest BCUT2D eigenvalue weighted by atomic mass is 35.5. The minimum absolute atomic E-state index is 0.0879. The summed E-state index contributed by atoms with van der Waals surface area (Å²) in [5, 5.41) is 3.79. The molecule has 3 rings (SSSR count). The topological polar surface area (TPSA) is 58.6 Å². The monoisotopic (exact) mass is 418 g/mol. The van der Waals surface area contributed by atoms with E-state index in [9.17, 15) is 9.59 Å². The molecule has 0 aliphatic carbocycles. The van der Waals surface area contributed by atoms with Crippen molar-refractivity contribution in [1.82, 2.24) is 0 Å². The first-order chi connectivity index (χ1) is 13.4. The molecule has 1 atom stereocenters. The Balaban J connectivity index is 1.77. The number of anilines is 2. The van der Waals surface area contributed by atoms with Crippen molar-refractivity contribution < 1.29 is 14.3 Å². The van der Waals surface area contributed by atoms with Gasteiger partial charge < -0.3 is 15.0 Å². The van der Waals surface area contributed by atoms with Crippen molar-refractivity contribution in [1.29, 1.82) is 0 Å². The number of carbonyl (C=O) groups excluding carboxylic acids is 2. The van der Waals surface area contributed by atoms with Crippen LogP contribution in [-0.4, -0.2) is 24.5 Å². The lowest BCUT2D eigenvalue weighted by Crippen LogP contribution is -2.44. The predicted molar refractivity (Wildman–Crippen MR) is 113 cm³/mol. The Morgan fingerprint density at radius 1 is 1.25 bits per heavy atom. The zero-order chi connectivity index (χ0) is 20.3. The van der Waals surface area contributed by atoms with E-state index in [4.69, 9.17) is 27.9 Å². The lowest BCUT2D eigenvalue weighted by Gasteiger charge is -2.33. The van der Waals surface area contributed by atoms with E-state index >= 15 is 0 Å². The van der Waals surface area contributed by atoms with E-state index in [2.05, 4.69) is 5.32 Å². The van der Waals surface area contributed by atoms with Crippen LogP contribution in [0.2, 0.25) is 10.0 Å². The second-order valence-electron chi connectivity index (χ2n) is 6.42. The third-order valence-corrected chi connectivity index (χ3v) is 4.82. The molecular formula is C21H20Cl2N2O3. The van der Waals surface area contributed by atoms with Crippen LogP contribution < -0.4 is 15.0 Å². The van der Waals surface area contributed by atoms with Gasteiger partial charge in [0.05, 0.1) is 5.69 Å². The maximum atomic E-state index is 12.4. The summed E-state index contributed by atoms with van der Waals surface area (Å²) in [6.45, 7) is 4.33. The molecule has 1 unspecified atom stereocenters. The van der Waals surface area contributed by atoms with E-state index in [0.717, 1.165) is 6.42 Å². The molecule has 2 amide bonds. The number of amides is 2. The van der Waals surface area contributed by atoms with Crippen molar-refractivity contribution >= 4 is 52.5 Å². The summed E-state index contributed by atoms with van der Waals surface area (Å²) in [5.41, 5.74) is 1.92. The van der Waals surface area contributed by atoms with Gasteiger partial charge in [-0.25, -0.2) is 0 Å². The molecule has 7 heteroatoms. The van der Waals surface area contributed by atoms with Crippen LogP contribution in [0.25, 0.3) is 6.08 Å². The van der Waals surface area contributed by atoms with Crippen LogP contribution in [0.1, 0.15) is 25.8 Å². The van der Waals surface area contributed by atoms with Crippen LogP contribution in [0.15, 0.2) is 42.5 Å². The van der Waals surface area contributed by atoms with Crippen LogP contribution in [0.5, 0.6) is 5.75 Å². The van der Waals surface area contributed by atoms with E-state index in [-0.39, 0.29) is 11.8 Å². The molecule has 0 saturated carbocycles. The number of hydrogen-bond acceptors (Lipinski definition) is 3. The van der Waals surface area contributed by atoms with Crippen LogP contribution in [-0.2, 0) is 9.59 Å². The van der Waals surface area contributed by atoms with Crippen LogP contribution in [0.4, 0.5) is 11.4 Å². The first-order valence-electron chi connectivity index (χ1n) is 8.95. The number of nitrogens with one attached hydrogen (secondary N) is 1. The van der Waals surface area contributed by atoms with Gasteiger partial charge in [-0.15, -0.1) is 0 Å². The molecule has 0 radical (unpaired) electrons. The predicted octanol–water partition coefficient (Wildman–Crippen LogP) is 5.17. The molecule has 1 N–H and O–H groups in total. The Labute approximate surface area is 173 Å². The Kier molecular flexibility index (Phi) is 6.27. The summed E-state index contributed by atoms with van der Waals surface area (Å²) < 4.78 is 5.67. The van der Waals surface area contributed by atoms with E-state index in [1.54, 1.807) is 54.3 Å². The second-order valence-corrected chi connectivity index (χ2v) is 7.26. The van der Waals surface area contributed by atoms with E-state index in [0.29, 0.717) is 39.3 Å². The number of ether oxygens (including phenoxy) is 1. The summed E-state index contributed by atoms with van der Waals surface area (Å²) in [5.74, 6) is 0.224. The average molecular weight is 419 g/mol. The Hall–Kier alpha value is -2.50. The van der Waals surface area contributed by atoms with Gasteiger partial charge in [0.25, 0.3) is 5.91 Å². The number of nitrogens with zero attached hydrogens (tertiary/aromatic N) is 1. The summed E-state index contributed by atoms with van der Waals surface area (Å²) in [4.78, 5) is 26.4. The molecule has 146 valence electrons. The SMILES string of the molecule is CCCN1C(=O)C(C)Oc2ccc(NC(=O)/C=C/c3ccc(Cl)cc3Cl)cc21. The molecule has 0 bridgehead atoms. The summed E-state index contributed by atoms with van der Waals surface area (Å²) in [6.07, 6.45) is 3.30. The van der Waals surface area contributed by atoms with Crippen LogP contribution in [0.3, 0.4) is 0 Å². The third kappa shape index (κ3) is 4.49. The molecule has 0 aromatic heterocycles. The summed E-state index contributed by atoms with van der Waals surface area (Å²) in [7, 11) is 0. The molecule has 1 heterocycles. The first kappa shape index (κ1) is 20.2. The summed E-state index contributed by atoms with van der Waals surface area (Å²) in [6, 6.07) is 10.3. The van der Waals surface area contributed by atoms with Gasteiger partial charge >= 0.3 is 0 Å². The first-order valence-corrected chi connectivity index (χ1v) is 9.71. The molecule has 2 aromatic carbocycles. The van der Waals surface area contributed by atoms with Crippen LogP contribution >= 0.6 is 23.2 Å². The van der Waals surface area contributed by atoms with Gasteiger partial charge in [0, 0.05) is 28.4 Å². The Morgan fingerprint density at radius 2 is 2.04 bits per heavy atom. The lowest BCUT2D eigenvalue weighted by molar-refractivity contribution is -0.125. The molecule has 2 aromatic rings. The molecule has 1 aliphatic rings. The Bertz CT molecular complexity index is 943. The minimum atomic E-state index is -0.522. The van der Waals surface area contributed by atoms with Crippen molar-refractivity contribution in [3.8, 4) is 5.75 Å².